The van der Waals surface area contributed by atoms with Gasteiger partial charge in [-0.2, -0.15) is 0 Å². The summed E-state index contributed by atoms with van der Waals surface area (Å²) in [5.41, 5.74) is 0. The second-order valence-corrected chi connectivity index (χ2v) is 5.41. The van der Waals surface area contributed by atoms with Gasteiger partial charge in [-0.05, 0) is 45.1 Å². The minimum atomic E-state index is 0.319. The standard InChI is InChI=1S/C14H27NO3/c16-9-2-5-13-4-1-7-15(13)8-11-17-12-14-6-3-10-18-14/h13-14,16H,1-12H2. The summed E-state index contributed by atoms with van der Waals surface area (Å²) in [5.74, 6) is 0. The van der Waals surface area contributed by atoms with Crippen LogP contribution in [0.3, 0.4) is 0 Å². The Labute approximate surface area is 110 Å². The molecule has 2 atom stereocenters. The Bertz CT molecular complexity index is 219. The molecule has 0 saturated carbocycles. The highest BCUT2D eigenvalue weighted by Crippen LogP contribution is 2.20. The van der Waals surface area contributed by atoms with Gasteiger partial charge in [0.25, 0.3) is 0 Å². The Morgan fingerprint density at radius 1 is 1.28 bits per heavy atom. The van der Waals surface area contributed by atoms with E-state index in [-0.39, 0.29) is 0 Å². The van der Waals surface area contributed by atoms with Crippen molar-refractivity contribution in [3.63, 3.8) is 0 Å². The van der Waals surface area contributed by atoms with Crippen molar-refractivity contribution in [2.45, 2.75) is 50.7 Å². The largest absolute Gasteiger partial charge is 0.396 e. The molecule has 0 aromatic rings. The van der Waals surface area contributed by atoms with E-state index in [2.05, 4.69) is 4.90 Å². The Morgan fingerprint density at radius 3 is 3.00 bits per heavy atom. The maximum absolute atomic E-state index is 8.89. The molecule has 2 saturated heterocycles. The van der Waals surface area contributed by atoms with Crippen LogP contribution in [0.15, 0.2) is 0 Å². The third-order valence-corrected chi connectivity index (χ3v) is 4.05. The third kappa shape index (κ3) is 4.50. The molecule has 0 aromatic heterocycles. The number of nitrogens with zero attached hydrogens (tertiary/aromatic N) is 1. The molecule has 0 bridgehead atoms. The lowest BCUT2D eigenvalue weighted by Crippen LogP contribution is -2.33. The highest BCUT2D eigenvalue weighted by Gasteiger charge is 2.23. The molecule has 0 spiro atoms. The van der Waals surface area contributed by atoms with Crippen LogP contribution >= 0.6 is 0 Å². The zero-order chi connectivity index (χ0) is 12.6. The van der Waals surface area contributed by atoms with E-state index in [0.29, 0.717) is 18.8 Å². The maximum atomic E-state index is 8.89. The molecule has 106 valence electrons. The third-order valence-electron chi connectivity index (χ3n) is 4.05. The van der Waals surface area contributed by atoms with Gasteiger partial charge in [0.05, 0.1) is 19.3 Å². The lowest BCUT2D eigenvalue weighted by Gasteiger charge is -2.24. The number of aliphatic hydroxyl groups is 1. The first-order valence-corrected chi connectivity index (χ1v) is 7.44. The van der Waals surface area contributed by atoms with E-state index in [9.17, 15) is 0 Å². The van der Waals surface area contributed by atoms with E-state index in [1.165, 1.54) is 25.8 Å². The molecule has 0 aromatic carbocycles. The van der Waals surface area contributed by atoms with Gasteiger partial charge in [0, 0.05) is 25.8 Å². The van der Waals surface area contributed by atoms with E-state index < -0.39 is 0 Å². The van der Waals surface area contributed by atoms with E-state index in [4.69, 9.17) is 14.6 Å². The van der Waals surface area contributed by atoms with Gasteiger partial charge in [-0.3, -0.25) is 4.90 Å². The van der Waals surface area contributed by atoms with Crippen molar-refractivity contribution in [1.29, 1.82) is 0 Å². The fourth-order valence-corrected chi connectivity index (χ4v) is 3.02. The fourth-order valence-electron chi connectivity index (χ4n) is 3.02. The summed E-state index contributed by atoms with van der Waals surface area (Å²) >= 11 is 0. The molecule has 0 aliphatic carbocycles. The molecule has 2 rings (SSSR count). The van der Waals surface area contributed by atoms with Gasteiger partial charge in [-0.25, -0.2) is 0 Å². The predicted molar refractivity (Wildman–Crippen MR) is 70.7 cm³/mol. The molecule has 2 aliphatic heterocycles. The summed E-state index contributed by atoms with van der Waals surface area (Å²) in [5, 5.41) is 8.89. The second kappa shape index (κ2) is 8.10. The molecule has 4 heteroatoms. The summed E-state index contributed by atoms with van der Waals surface area (Å²) < 4.78 is 11.2. The first-order chi connectivity index (χ1) is 8.90. The average Bonchev–Trinajstić information content (AvgIpc) is 3.03. The number of aliphatic hydroxyl groups excluding tert-OH is 1. The van der Waals surface area contributed by atoms with Crippen molar-refractivity contribution >= 4 is 0 Å². The minimum Gasteiger partial charge on any atom is -0.396 e. The van der Waals surface area contributed by atoms with Crippen LogP contribution in [-0.2, 0) is 9.47 Å². The molecule has 0 amide bonds. The summed E-state index contributed by atoms with van der Waals surface area (Å²) in [6.07, 6.45) is 7.31. The molecule has 2 fully saturated rings. The van der Waals surface area contributed by atoms with Crippen LogP contribution in [0.25, 0.3) is 0 Å². The monoisotopic (exact) mass is 257 g/mol. The van der Waals surface area contributed by atoms with Gasteiger partial charge in [0.2, 0.25) is 0 Å². The van der Waals surface area contributed by atoms with Crippen LogP contribution in [0.1, 0.15) is 38.5 Å². The maximum Gasteiger partial charge on any atom is 0.0809 e. The van der Waals surface area contributed by atoms with Crippen LogP contribution in [0.2, 0.25) is 0 Å². The van der Waals surface area contributed by atoms with Crippen LogP contribution in [-0.4, -0.2) is 61.7 Å². The van der Waals surface area contributed by atoms with Crippen molar-refractivity contribution in [3.05, 3.63) is 0 Å². The zero-order valence-corrected chi connectivity index (χ0v) is 11.4. The van der Waals surface area contributed by atoms with Crippen LogP contribution in [0.5, 0.6) is 0 Å². The summed E-state index contributed by atoms with van der Waals surface area (Å²) in [6, 6.07) is 0.670. The van der Waals surface area contributed by atoms with E-state index in [0.717, 1.165) is 45.6 Å². The van der Waals surface area contributed by atoms with Crippen molar-refractivity contribution in [3.8, 4) is 0 Å². The molecular formula is C14H27NO3. The van der Waals surface area contributed by atoms with Gasteiger partial charge in [-0.15, -0.1) is 0 Å². The lowest BCUT2D eigenvalue weighted by atomic mass is 10.1. The Kier molecular flexibility index (Phi) is 6.41. The molecule has 1 N–H and O–H groups in total. The SMILES string of the molecule is OCCCC1CCCN1CCOCC1CCCO1. The highest BCUT2D eigenvalue weighted by atomic mass is 16.5. The smallest absolute Gasteiger partial charge is 0.0809 e. The van der Waals surface area contributed by atoms with Gasteiger partial charge in [-0.1, -0.05) is 0 Å². The first kappa shape index (κ1) is 14.3. The normalized spacial score (nSPS) is 29.2. The van der Waals surface area contributed by atoms with E-state index in [1.807, 2.05) is 0 Å². The second-order valence-electron chi connectivity index (χ2n) is 5.41. The summed E-state index contributed by atoms with van der Waals surface area (Å²) in [6.45, 7) is 5.02. The molecule has 4 nitrogen and oxygen atoms in total. The lowest BCUT2D eigenvalue weighted by molar-refractivity contribution is 0.00917. The topological polar surface area (TPSA) is 41.9 Å². The van der Waals surface area contributed by atoms with E-state index in [1.54, 1.807) is 0 Å². The van der Waals surface area contributed by atoms with Gasteiger partial charge >= 0.3 is 0 Å². The Morgan fingerprint density at radius 2 is 2.22 bits per heavy atom. The zero-order valence-electron chi connectivity index (χ0n) is 11.4. The van der Waals surface area contributed by atoms with Crippen molar-refractivity contribution in [1.82, 2.24) is 4.90 Å². The van der Waals surface area contributed by atoms with Crippen LogP contribution in [0, 0.1) is 0 Å². The number of rotatable bonds is 8. The highest BCUT2D eigenvalue weighted by molar-refractivity contribution is 4.78. The number of likely N-dealkylation sites (tertiary alicyclic amines) is 1. The van der Waals surface area contributed by atoms with Gasteiger partial charge in [0.15, 0.2) is 0 Å². The quantitative estimate of drug-likeness (QED) is 0.668. The molecule has 2 aliphatic rings. The van der Waals surface area contributed by atoms with Crippen molar-refractivity contribution in [2.24, 2.45) is 0 Å². The van der Waals surface area contributed by atoms with Gasteiger partial charge < -0.3 is 14.6 Å². The fraction of sp³-hybridized carbons (Fsp3) is 1.00. The minimum absolute atomic E-state index is 0.319. The summed E-state index contributed by atoms with van der Waals surface area (Å²) in [4.78, 5) is 2.52. The molecule has 2 unspecified atom stereocenters. The van der Waals surface area contributed by atoms with Crippen molar-refractivity contribution in [2.75, 3.05) is 39.5 Å². The Hall–Kier alpha value is -0.160. The Balaban J connectivity index is 1.54. The number of hydrogen-bond acceptors (Lipinski definition) is 4. The first-order valence-electron chi connectivity index (χ1n) is 7.44. The molecule has 2 heterocycles. The van der Waals surface area contributed by atoms with Gasteiger partial charge in [0.1, 0.15) is 0 Å². The number of hydrogen-bond donors (Lipinski definition) is 1. The molecular weight excluding hydrogens is 230 g/mol. The van der Waals surface area contributed by atoms with Crippen LogP contribution < -0.4 is 0 Å². The van der Waals surface area contributed by atoms with Crippen LogP contribution in [0.4, 0.5) is 0 Å². The number of ether oxygens (including phenoxy) is 2. The predicted octanol–water partition coefficient (Wildman–Crippen LogP) is 1.42. The molecule has 18 heavy (non-hydrogen) atoms. The summed E-state index contributed by atoms with van der Waals surface area (Å²) in [7, 11) is 0. The molecule has 0 radical (unpaired) electrons. The van der Waals surface area contributed by atoms with Crippen molar-refractivity contribution < 1.29 is 14.6 Å². The average molecular weight is 257 g/mol. The van der Waals surface area contributed by atoms with E-state index >= 15 is 0 Å².